The molecule has 2 bridgehead atoms. The topological polar surface area (TPSA) is 107 Å². The van der Waals surface area contributed by atoms with Gasteiger partial charge in [-0.25, -0.2) is 0 Å². The molecule has 0 unspecified atom stereocenters. The largest absolute Gasteiger partial charge is 0.462 e. The van der Waals surface area contributed by atoms with Crippen molar-refractivity contribution in [3.05, 3.63) is 23.8 Å². The van der Waals surface area contributed by atoms with Crippen molar-refractivity contribution in [2.45, 2.75) is 78.6 Å². The van der Waals surface area contributed by atoms with Gasteiger partial charge in [0.2, 0.25) is 0 Å². The van der Waals surface area contributed by atoms with Crippen LogP contribution in [-0.4, -0.2) is 46.9 Å². The molecule has 0 aromatic heterocycles. The number of ether oxygens (including phenoxy) is 2. The summed E-state index contributed by atoms with van der Waals surface area (Å²) >= 11 is 0. The van der Waals surface area contributed by atoms with E-state index in [1.807, 2.05) is 13.8 Å². The molecule has 0 heterocycles. The molecule has 7 heteroatoms. The number of fused-ring (bicyclic) bond motifs is 2. The summed E-state index contributed by atoms with van der Waals surface area (Å²) in [4.78, 5) is 50.0. The lowest BCUT2D eigenvalue weighted by Crippen LogP contribution is -2.62. The highest BCUT2D eigenvalue weighted by atomic mass is 16.6. The standard InChI is InChI=1S/C24H32O7/c1-12-15-7-8-19(28)24(6)18(10-17(27)16(9-15)22(12)29)23(4,5)20(30-13(2)25)11-21(24)31-14(3)26/h9,15,17-18,20-21,27H,1,7-8,10-11H2,2-6H3/t15-,17-,18-,20+,21+,24-/m1/s1. The van der Waals surface area contributed by atoms with Crippen LogP contribution in [0.4, 0.5) is 0 Å². The van der Waals surface area contributed by atoms with Gasteiger partial charge < -0.3 is 14.6 Å². The predicted octanol–water partition coefficient (Wildman–Crippen LogP) is 2.70. The molecule has 0 radical (unpaired) electrons. The van der Waals surface area contributed by atoms with Crippen LogP contribution in [0.5, 0.6) is 0 Å². The Morgan fingerprint density at radius 3 is 2.23 bits per heavy atom. The van der Waals surface area contributed by atoms with E-state index >= 15 is 0 Å². The van der Waals surface area contributed by atoms with E-state index < -0.39 is 47.0 Å². The molecular formula is C24H32O7. The summed E-state index contributed by atoms with van der Waals surface area (Å²) < 4.78 is 11.2. The summed E-state index contributed by atoms with van der Waals surface area (Å²) in [7, 11) is 0. The summed E-state index contributed by atoms with van der Waals surface area (Å²) in [5.74, 6) is -2.14. The van der Waals surface area contributed by atoms with E-state index in [-0.39, 0.29) is 36.7 Å². The SMILES string of the molecule is C=C1C(=O)C2=C[C@H]1CCC(=O)[C@]1(C)[C@@H](OC(C)=O)C[C@H](OC(C)=O)C(C)(C)[C@H]1C[C@H]2O. The third-order valence-electron chi connectivity index (χ3n) is 7.65. The summed E-state index contributed by atoms with van der Waals surface area (Å²) in [5.41, 5.74) is -1.12. The number of Topliss-reactive ketones (excluding diaryl/α,β-unsaturated/α-hetero) is 2. The Labute approximate surface area is 182 Å². The smallest absolute Gasteiger partial charge is 0.302 e. The second kappa shape index (κ2) is 8.01. The number of hydrogen-bond acceptors (Lipinski definition) is 7. The van der Waals surface area contributed by atoms with Gasteiger partial charge in [-0.2, -0.15) is 0 Å². The van der Waals surface area contributed by atoms with Gasteiger partial charge in [0.05, 0.1) is 11.5 Å². The minimum absolute atomic E-state index is 0.0886. The number of aliphatic hydroxyl groups is 1. The predicted molar refractivity (Wildman–Crippen MR) is 112 cm³/mol. The van der Waals surface area contributed by atoms with Crippen molar-refractivity contribution in [2.75, 3.05) is 0 Å². The Morgan fingerprint density at radius 1 is 1.06 bits per heavy atom. The van der Waals surface area contributed by atoms with Gasteiger partial charge in [-0.3, -0.25) is 19.2 Å². The number of hydrogen-bond donors (Lipinski definition) is 1. The van der Waals surface area contributed by atoms with E-state index in [4.69, 9.17) is 9.47 Å². The molecule has 7 nitrogen and oxygen atoms in total. The number of ketones is 2. The van der Waals surface area contributed by atoms with Crippen molar-refractivity contribution < 1.29 is 33.8 Å². The molecule has 3 aliphatic rings. The second-order valence-electron chi connectivity index (χ2n) is 9.88. The lowest BCUT2D eigenvalue weighted by atomic mass is 9.50. The minimum atomic E-state index is -1.10. The third kappa shape index (κ3) is 3.88. The summed E-state index contributed by atoms with van der Waals surface area (Å²) in [6.45, 7) is 12.0. The number of esters is 2. The Kier molecular flexibility index (Phi) is 6.04. The average Bonchev–Trinajstić information content (AvgIpc) is 2.94. The van der Waals surface area contributed by atoms with Gasteiger partial charge in [-0.1, -0.05) is 26.5 Å². The highest BCUT2D eigenvalue weighted by Gasteiger charge is 2.62. The van der Waals surface area contributed by atoms with Crippen LogP contribution in [0.15, 0.2) is 23.8 Å². The summed E-state index contributed by atoms with van der Waals surface area (Å²) in [6.07, 6.45) is 0.0921. The molecular weight excluding hydrogens is 400 g/mol. The van der Waals surface area contributed by atoms with Crippen LogP contribution in [0.1, 0.15) is 60.3 Å². The van der Waals surface area contributed by atoms with Gasteiger partial charge in [-0.05, 0) is 31.3 Å². The highest BCUT2D eigenvalue weighted by Crippen LogP contribution is 2.57. The molecule has 0 spiro atoms. The zero-order chi connectivity index (χ0) is 23.3. The molecule has 1 fully saturated rings. The maximum Gasteiger partial charge on any atom is 0.302 e. The fourth-order valence-electron chi connectivity index (χ4n) is 5.83. The zero-order valence-electron chi connectivity index (χ0n) is 18.9. The molecule has 170 valence electrons. The zero-order valence-corrected chi connectivity index (χ0v) is 18.9. The number of carbonyl (C=O) groups is 4. The normalized spacial score (nSPS) is 37.5. The van der Waals surface area contributed by atoms with E-state index in [9.17, 15) is 24.3 Å². The van der Waals surface area contributed by atoms with Crippen molar-refractivity contribution in [1.29, 1.82) is 0 Å². The third-order valence-corrected chi connectivity index (χ3v) is 7.65. The van der Waals surface area contributed by atoms with E-state index in [0.29, 0.717) is 17.6 Å². The van der Waals surface area contributed by atoms with Gasteiger partial charge in [0.15, 0.2) is 5.78 Å². The Bertz CT molecular complexity index is 867. The van der Waals surface area contributed by atoms with Crippen LogP contribution < -0.4 is 0 Å². The molecule has 0 aromatic rings. The highest BCUT2D eigenvalue weighted by molar-refractivity contribution is 6.11. The maximum absolute atomic E-state index is 13.7. The van der Waals surface area contributed by atoms with E-state index in [0.717, 1.165) is 0 Å². The molecule has 1 N–H and O–H groups in total. The van der Waals surface area contributed by atoms with E-state index in [1.165, 1.54) is 13.8 Å². The van der Waals surface area contributed by atoms with Gasteiger partial charge in [0.25, 0.3) is 0 Å². The molecule has 3 aliphatic carbocycles. The van der Waals surface area contributed by atoms with Crippen LogP contribution in [0.2, 0.25) is 0 Å². The van der Waals surface area contributed by atoms with Crippen molar-refractivity contribution in [1.82, 2.24) is 0 Å². The molecule has 6 atom stereocenters. The van der Waals surface area contributed by atoms with Gasteiger partial charge in [0, 0.05) is 43.6 Å². The van der Waals surface area contributed by atoms with E-state index in [2.05, 4.69) is 6.58 Å². The summed E-state index contributed by atoms with van der Waals surface area (Å²) in [5, 5.41) is 11.1. The molecule has 0 saturated heterocycles. The molecule has 0 aromatic carbocycles. The van der Waals surface area contributed by atoms with Crippen molar-refractivity contribution in [3.8, 4) is 0 Å². The van der Waals surface area contributed by atoms with Crippen LogP contribution >= 0.6 is 0 Å². The molecule has 0 amide bonds. The summed E-state index contributed by atoms with van der Waals surface area (Å²) in [6, 6.07) is 0. The van der Waals surface area contributed by atoms with Gasteiger partial charge >= 0.3 is 11.9 Å². The van der Waals surface area contributed by atoms with Crippen molar-refractivity contribution >= 4 is 23.5 Å². The fraction of sp³-hybridized carbons (Fsp3) is 0.667. The van der Waals surface area contributed by atoms with E-state index in [1.54, 1.807) is 13.0 Å². The van der Waals surface area contributed by atoms with Gasteiger partial charge in [-0.15, -0.1) is 0 Å². The van der Waals surface area contributed by atoms with Crippen LogP contribution in [0.3, 0.4) is 0 Å². The first kappa shape index (κ1) is 23.4. The first-order valence-electron chi connectivity index (χ1n) is 10.8. The number of carbonyl (C=O) groups excluding carboxylic acids is 4. The quantitative estimate of drug-likeness (QED) is 0.528. The van der Waals surface area contributed by atoms with Crippen LogP contribution in [0.25, 0.3) is 0 Å². The Hall–Kier alpha value is -2.28. The fourth-order valence-corrected chi connectivity index (χ4v) is 5.83. The van der Waals surface area contributed by atoms with Crippen molar-refractivity contribution in [2.24, 2.45) is 22.7 Å². The number of allylic oxidation sites excluding steroid dienone is 2. The Balaban J connectivity index is 2.13. The Morgan fingerprint density at radius 2 is 1.65 bits per heavy atom. The lowest BCUT2D eigenvalue weighted by molar-refractivity contribution is -0.203. The molecule has 1 saturated carbocycles. The maximum atomic E-state index is 13.7. The minimum Gasteiger partial charge on any atom is -0.462 e. The molecule has 3 rings (SSSR count). The number of rotatable bonds is 2. The molecule has 31 heavy (non-hydrogen) atoms. The first-order chi connectivity index (χ1) is 14.3. The number of aliphatic hydroxyl groups excluding tert-OH is 1. The average molecular weight is 433 g/mol. The first-order valence-corrected chi connectivity index (χ1v) is 10.8. The van der Waals surface area contributed by atoms with Gasteiger partial charge in [0.1, 0.15) is 18.0 Å². The lowest BCUT2D eigenvalue weighted by Gasteiger charge is -2.56. The van der Waals surface area contributed by atoms with Crippen LogP contribution in [-0.2, 0) is 28.7 Å². The second-order valence-corrected chi connectivity index (χ2v) is 9.88. The monoisotopic (exact) mass is 432 g/mol. The molecule has 0 aliphatic heterocycles. The van der Waals surface area contributed by atoms with Crippen LogP contribution in [0, 0.1) is 22.7 Å². The van der Waals surface area contributed by atoms with Crippen molar-refractivity contribution in [3.63, 3.8) is 0 Å².